The molecule has 6 heteroatoms. The standard InChI is InChI=1S/C9H20N2O3S/c1-4-6-15(13,14)7-5-11-8(2)9(12)10-3/h8,11H,4-7H2,1-3H3,(H,10,12). The summed E-state index contributed by atoms with van der Waals surface area (Å²) in [5, 5.41) is 5.34. The maximum Gasteiger partial charge on any atom is 0.236 e. The molecule has 0 saturated heterocycles. The summed E-state index contributed by atoms with van der Waals surface area (Å²) >= 11 is 0. The van der Waals surface area contributed by atoms with Crippen molar-refractivity contribution in [2.45, 2.75) is 26.3 Å². The highest BCUT2D eigenvalue weighted by Crippen LogP contribution is 1.92. The third kappa shape index (κ3) is 6.46. The van der Waals surface area contributed by atoms with Crippen LogP contribution in [0, 0.1) is 0 Å². The van der Waals surface area contributed by atoms with E-state index in [4.69, 9.17) is 0 Å². The molecule has 0 saturated carbocycles. The SMILES string of the molecule is CCCS(=O)(=O)CCNC(C)C(=O)NC. The van der Waals surface area contributed by atoms with Crippen LogP contribution in [0.5, 0.6) is 0 Å². The summed E-state index contributed by atoms with van der Waals surface area (Å²) in [5.74, 6) is 0.161. The molecule has 2 N–H and O–H groups in total. The highest BCUT2D eigenvalue weighted by atomic mass is 32.2. The topological polar surface area (TPSA) is 75.3 Å². The summed E-state index contributed by atoms with van der Waals surface area (Å²) in [6, 6.07) is -0.355. The van der Waals surface area contributed by atoms with Crippen LogP contribution in [0.2, 0.25) is 0 Å². The van der Waals surface area contributed by atoms with Gasteiger partial charge in [0.25, 0.3) is 0 Å². The van der Waals surface area contributed by atoms with E-state index in [2.05, 4.69) is 10.6 Å². The van der Waals surface area contributed by atoms with E-state index in [1.807, 2.05) is 6.92 Å². The maximum atomic E-state index is 11.3. The number of nitrogens with one attached hydrogen (secondary N) is 2. The summed E-state index contributed by atoms with van der Waals surface area (Å²) in [4.78, 5) is 11.1. The summed E-state index contributed by atoms with van der Waals surface area (Å²) in [7, 11) is -1.40. The second-order valence-electron chi connectivity index (χ2n) is 3.44. The van der Waals surface area contributed by atoms with E-state index < -0.39 is 9.84 Å². The highest BCUT2D eigenvalue weighted by molar-refractivity contribution is 7.91. The molecule has 0 bridgehead atoms. The second kappa shape index (κ2) is 6.79. The Hall–Kier alpha value is -0.620. The molecule has 90 valence electrons. The van der Waals surface area contributed by atoms with Gasteiger partial charge in [-0.15, -0.1) is 0 Å². The van der Waals surface area contributed by atoms with Gasteiger partial charge < -0.3 is 10.6 Å². The molecule has 1 atom stereocenters. The molecule has 0 aliphatic carbocycles. The van der Waals surface area contributed by atoms with Crippen LogP contribution in [-0.4, -0.2) is 45.5 Å². The lowest BCUT2D eigenvalue weighted by Crippen LogP contribution is -2.42. The molecule has 15 heavy (non-hydrogen) atoms. The predicted molar refractivity (Wildman–Crippen MR) is 60.5 cm³/mol. The molecule has 5 nitrogen and oxygen atoms in total. The first-order valence-electron chi connectivity index (χ1n) is 5.08. The van der Waals surface area contributed by atoms with Gasteiger partial charge in [-0.05, 0) is 13.3 Å². The largest absolute Gasteiger partial charge is 0.358 e. The van der Waals surface area contributed by atoms with Crippen molar-refractivity contribution in [3.8, 4) is 0 Å². The molecule has 0 rings (SSSR count). The molecule has 0 radical (unpaired) electrons. The summed E-state index contributed by atoms with van der Waals surface area (Å²) in [6.07, 6.45) is 0.632. The number of sulfone groups is 1. The molecular formula is C9H20N2O3S. The minimum atomic E-state index is -2.95. The minimum absolute atomic E-state index is 0.0855. The minimum Gasteiger partial charge on any atom is -0.358 e. The van der Waals surface area contributed by atoms with Crippen molar-refractivity contribution in [1.29, 1.82) is 0 Å². The van der Waals surface area contributed by atoms with Crippen LogP contribution in [0.4, 0.5) is 0 Å². The third-order valence-electron chi connectivity index (χ3n) is 2.02. The van der Waals surface area contributed by atoms with Gasteiger partial charge in [-0.25, -0.2) is 8.42 Å². The first-order valence-corrected chi connectivity index (χ1v) is 6.90. The van der Waals surface area contributed by atoms with Crippen LogP contribution < -0.4 is 10.6 Å². The number of amides is 1. The Morgan fingerprint density at radius 1 is 1.33 bits per heavy atom. The third-order valence-corrected chi connectivity index (χ3v) is 3.87. The van der Waals surface area contributed by atoms with E-state index in [1.165, 1.54) is 0 Å². The van der Waals surface area contributed by atoms with Crippen LogP contribution in [0.15, 0.2) is 0 Å². The van der Waals surface area contributed by atoms with E-state index in [-0.39, 0.29) is 23.5 Å². The number of hydrogen-bond donors (Lipinski definition) is 2. The highest BCUT2D eigenvalue weighted by Gasteiger charge is 2.12. The smallest absolute Gasteiger partial charge is 0.236 e. The van der Waals surface area contributed by atoms with Gasteiger partial charge in [0.05, 0.1) is 11.8 Å². The fourth-order valence-electron chi connectivity index (χ4n) is 1.15. The predicted octanol–water partition coefficient (Wildman–Crippen LogP) is -0.465. The van der Waals surface area contributed by atoms with Crippen molar-refractivity contribution in [3.63, 3.8) is 0 Å². The Balaban J connectivity index is 3.84. The number of carbonyl (C=O) groups excluding carboxylic acids is 1. The Morgan fingerprint density at radius 3 is 2.40 bits per heavy atom. The Kier molecular flexibility index (Phi) is 6.51. The van der Waals surface area contributed by atoms with E-state index in [1.54, 1.807) is 14.0 Å². The lowest BCUT2D eigenvalue weighted by molar-refractivity contribution is -0.122. The van der Waals surface area contributed by atoms with E-state index in [0.717, 1.165) is 0 Å². The molecule has 0 spiro atoms. The molecule has 0 heterocycles. The lowest BCUT2D eigenvalue weighted by Gasteiger charge is -2.11. The normalized spacial score (nSPS) is 13.5. The molecule has 0 aromatic heterocycles. The fraction of sp³-hybridized carbons (Fsp3) is 0.889. The number of hydrogen-bond acceptors (Lipinski definition) is 4. The monoisotopic (exact) mass is 236 g/mol. The van der Waals surface area contributed by atoms with Gasteiger partial charge in [0.2, 0.25) is 5.91 Å². The van der Waals surface area contributed by atoms with Crippen LogP contribution in [0.3, 0.4) is 0 Å². The second-order valence-corrected chi connectivity index (χ2v) is 5.75. The zero-order valence-corrected chi connectivity index (χ0v) is 10.4. The van der Waals surface area contributed by atoms with Gasteiger partial charge in [0.1, 0.15) is 0 Å². The zero-order valence-electron chi connectivity index (χ0n) is 9.54. The molecular weight excluding hydrogens is 216 g/mol. The van der Waals surface area contributed by atoms with Crippen molar-refractivity contribution >= 4 is 15.7 Å². The molecule has 1 amide bonds. The zero-order chi connectivity index (χ0) is 11.9. The molecule has 0 aliphatic heterocycles. The molecule has 0 aromatic rings. The van der Waals surface area contributed by atoms with Crippen molar-refractivity contribution in [2.75, 3.05) is 25.1 Å². The van der Waals surface area contributed by atoms with Gasteiger partial charge in [0.15, 0.2) is 9.84 Å². The average molecular weight is 236 g/mol. The van der Waals surface area contributed by atoms with Crippen molar-refractivity contribution < 1.29 is 13.2 Å². The summed E-state index contributed by atoms with van der Waals surface area (Å²) in [5.41, 5.74) is 0. The Bertz CT molecular complexity index is 288. The van der Waals surface area contributed by atoms with Gasteiger partial charge >= 0.3 is 0 Å². The summed E-state index contributed by atoms with van der Waals surface area (Å²) in [6.45, 7) is 3.85. The van der Waals surface area contributed by atoms with Gasteiger partial charge in [0, 0.05) is 19.3 Å². The van der Waals surface area contributed by atoms with Crippen molar-refractivity contribution in [1.82, 2.24) is 10.6 Å². The first-order chi connectivity index (χ1) is 6.93. The van der Waals surface area contributed by atoms with Gasteiger partial charge in [-0.1, -0.05) is 6.92 Å². The van der Waals surface area contributed by atoms with Crippen molar-refractivity contribution in [3.05, 3.63) is 0 Å². The Labute approximate surface area is 91.5 Å². The molecule has 0 aliphatic rings. The van der Waals surface area contributed by atoms with Crippen LogP contribution in [0.1, 0.15) is 20.3 Å². The van der Waals surface area contributed by atoms with Gasteiger partial charge in [-0.3, -0.25) is 4.79 Å². The first kappa shape index (κ1) is 14.4. The number of carbonyl (C=O) groups is 1. The quantitative estimate of drug-likeness (QED) is 0.627. The molecule has 0 aromatic carbocycles. The average Bonchev–Trinajstić information content (AvgIpc) is 2.15. The van der Waals surface area contributed by atoms with Crippen LogP contribution in [-0.2, 0) is 14.6 Å². The molecule has 0 fully saturated rings. The lowest BCUT2D eigenvalue weighted by atomic mass is 10.3. The summed E-state index contributed by atoms with van der Waals surface area (Å²) < 4.78 is 22.6. The van der Waals surface area contributed by atoms with E-state index in [9.17, 15) is 13.2 Å². The van der Waals surface area contributed by atoms with Crippen LogP contribution in [0.25, 0.3) is 0 Å². The van der Waals surface area contributed by atoms with Gasteiger partial charge in [-0.2, -0.15) is 0 Å². The van der Waals surface area contributed by atoms with Crippen LogP contribution >= 0.6 is 0 Å². The fourth-order valence-corrected chi connectivity index (χ4v) is 2.41. The Morgan fingerprint density at radius 2 is 1.93 bits per heavy atom. The van der Waals surface area contributed by atoms with Crippen molar-refractivity contribution in [2.24, 2.45) is 0 Å². The number of rotatable bonds is 7. The maximum absolute atomic E-state index is 11.3. The van der Waals surface area contributed by atoms with E-state index >= 15 is 0 Å². The van der Waals surface area contributed by atoms with E-state index in [0.29, 0.717) is 13.0 Å². The molecule has 1 unspecified atom stereocenters. The number of likely N-dealkylation sites (N-methyl/N-ethyl adjacent to an activating group) is 1.